The number of ether oxygens (including phenoxy) is 1. The second kappa shape index (κ2) is 6.02. The fraction of sp³-hybridized carbons (Fsp3) is 0.0833. The Bertz CT molecular complexity index is 653. The van der Waals surface area contributed by atoms with E-state index in [1.807, 2.05) is 0 Å². The normalized spacial score (nSPS) is 11.2. The van der Waals surface area contributed by atoms with Gasteiger partial charge in [0.2, 0.25) is 0 Å². The average molecular weight is 291 g/mol. The lowest BCUT2D eigenvalue weighted by Gasteiger charge is -2.05. The summed E-state index contributed by atoms with van der Waals surface area (Å²) >= 11 is 1.19. The van der Waals surface area contributed by atoms with E-state index in [4.69, 9.17) is 11.5 Å². The molecule has 0 aliphatic carbocycles. The summed E-state index contributed by atoms with van der Waals surface area (Å²) in [5.74, 6) is -0.424. The molecule has 0 aliphatic rings. The Labute approximate surface area is 119 Å². The van der Waals surface area contributed by atoms with Crippen LogP contribution < -0.4 is 16.8 Å². The Morgan fingerprint density at radius 3 is 3.00 bits per heavy atom. The van der Waals surface area contributed by atoms with Crippen LogP contribution in [0.5, 0.6) is 0 Å². The Morgan fingerprint density at radius 2 is 2.30 bits per heavy atom. The number of guanidine groups is 1. The molecule has 2 rings (SSSR count). The van der Waals surface area contributed by atoms with Gasteiger partial charge in [0.1, 0.15) is 0 Å². The highest BCUT2D eigenvalue weighted by molar-refractivity contribution is 7.14. The predicted molar refractivity (Wildman–Crippen MR) is 79.2 cm³/mol. The topological polar surface area (TPSA) is 116 Å². The number of anilines is 2. The van der Waals surface area contributed by atoms with Crippen LogP contribution in [0, 0.1) is 0 Å². The van der Waals surface area contributed by atoms with Crippen molar-refractivity contribution < 1.29 is 9.53 Å². The number of nitrogens with one attached hydrogen (secondary N) is 1. The number of methoxy groups -OCH3 is 1. The lowest BCUT2D eigenvalue weighted by molar-refractivity contribution is 0.0596. The zero-order valence-electron chi connectivity index (χ0n) is 10.7. The molecule has 104 valence electrons. The maximum Gasteiger partial charge on any atom is 0.359 e. The lowest BCUT2D eigenvalue weighted by Crippen LogP contribution is -2.22. The first kappa shape index (κ1) is 13.8. The van der Waals surface area contributed by atoms with Gasteiger partial charge in [0.05, 0.1) is 12.6 Å². The molecule has 1 aromatic heterocycles. The zero-order valence-corrected chi connectivity index (χ0v) is 11.5. The Hall–Kier alpha value is -2.61. The second-order valence-corrected chi connectivity index (χ2v) is 4.58. The van der Waals surface area contributed by atoms with Crippen molar-refractivity contribution in [3.05, 3.63) is 35.5 Å². The van der Waals surface area contributed by atoms with E-state index >= 15 is 0 Å². The van der Waals surface area contributed by atoms with Gasteiger partial charge in [-0.05, 0) is 18.2 Å². The molecule has 8 heteroatoms. The molecule has 1 aromatic carbocycles. The van der Waals surface area contributed by atoms with Gasteiger partial charge < -0.3 is 21.5 Å². The molecule has 1 heterocycles. The van der Waals surface area contributed by atoms with Crippen molar-refractivity contribution >= 4 is 39.6 Å². The van der Waals surface area contributed by atoms with E-state index in [2.05, 4.69) is 20.0 Å². The van der Waals surface area contributed by atoms with E-state index in [0.29, 0.717) is 16.4 Å². The molecule has 2 aromatic rings. The van der Waals surface area contributed by atoms with Crippen molar-refractivity contribution in [2.75, 3.05) is 18.2 Å². The molecule has 0 radical (unpaired) electrons. The van der Waals surface area contributed by atoms with E-state index in [0.717, 1.165) is 0 Å². The number of benzene rings is 1. The number of nitrogens with two attached hydrogens (primary N) is 2. The second-order valence-electron chi connectivity index (χ2n) is 3.75. The van der Waals surface area contributed by atoms with E-state index < -0.39 is 5.97 Å². The first-order chi connectivity index (χ1) is 9.60. The molecule has 0 unspecified atom stereocenters. The third-order valence-electron chi connectivity index (χ3n) is 2.31. The summed E-state index contributed by atoms with van der Waals surface area (Å²) in [5.41, 5.74) is 14.4. The number of thiazole rings is 1. The van der Waals surface area contributed by atoms with Crippen LogP contribution in [0.4, 0.5) is 16.4 Å². The van der Waals surface area contributed by atoms with Crippen molar-refractivity contribution in [3.8, 4) is 0 Å². The number of carbonyl (C=O) groups is 1. The summed E-state index contributed by atoms with van der Waals surface area (Å²) in [6.07, 6.45) is 0. The summed E-state index contributed by atoms with van der Waals surface area (Å²) < 4.78 is 4.61. The molecule has 0 amide bonds. The summed E-state index contributed by atoms with van der Waals surface area (Å²) in [7, 11) is 1.28. The first-order valence-corrected chi connectivity index (χ1v) is 6.46. The van der Waals surface area contributed by atoms with Crippen LogP contribution in [0.3, 0.4) is 0 Å². The Kier molecular flexibility index (Phi) is 4.16. The molecule has 0 aliphatic heterocycles. The number of hydrogen-bond acceptors (Lipinski definition) is 6. The Balaban J connectivity index is 2.19. The zero-order chi connectivity index (χ0) is 14.5. The van der Waals surface area contributed by atoms with Gasteiger partial charge in [-0.3, -0.25) is 0 Å². The van der Waals surface area contributed by atoms with E-state index in [-0.39, 0.29) is 11.7 Å². The maximum atomic E-state index is 11.5. The molecule has 7 nitrogen and oxygen atoms in total. The van der Waals surface area contributed by atoms with Crippen LogP contribution in [0.15, 0.2) is 34.8 Å². The molecule has 20 heavy (non-hydrogen) atoms. The number of carbonyl (C=O) groups excluding carboxylic acids is 1. The number of rotatable bonds is 3. The molecule has 0 spiro atoms. The molecule has 0 fully saturated rings. The monoisotopic (exact) mass is 291 g/mol. The number of hydrogen-bond donors (Lipinski definition) is 3. The SMILES string of the molecule is COC(=O)c1ncsc1N=C(N)Nc1cccc(N)c1. The highest BCUT2D eigenvalue weighted by Gasteiger charge is 2.15. The van der Waals surface area contributed by atoms with Crippen LogP contribution in [0.25, 0.3) is 0 Å². The standard InChI is InChI=1S/C12H13N5O2S/c1-19-11(18)9-10(20-6-15-9)17-12(14)16-8-4-2-3-7(13)5-8/h2-6H,13H2,1H3,(H3,14,16,17). The van der Waals surface area contributed by atoms with Crippen LogP contribution >= 0.6 is 11.3 Å². The minimum absolute atomic E-state index is 0.130. The smallest absolute Gasteiger partial charge is 0.359 e. The van der Waals surface area contributed by atoms with E-state index in [1.54, 1.807) is 24.3 Å². The number of nitrogen functional groups attached to an aromatic ring is 1. The van der Waals surface area contributed by atoms with Crippen molar-refractivity contribution in [2.24, 2.45) is 10.7 Å². The quantitative estimate of drug-likeness (QED) is 0.342. The maximum absolute atomic E-state index is 11.5. The minimum Gasteiger partial charge on any atom is -0.464 e. The van der Waals surface area contributed by atoms with Crippen molar-refractivity contribution in [2.45, 2.75) is 0 Å². The van der Waals surface area contributed by atoms with Gasteiger partial charge in [0.25, 0.3) is 0 Å². The number of aliphatic imine (C=N–C) groups is 1. The highest BCUT2D eigenvalue weighted by Crippen LogP contribution is 2.24. The molecule has 0 atom stereocenters. The summed E-state index contributed by atoms with van der Waals surface area (Å²) in [6.45, 7) is 0. The van der Waals surface area contributed by atoms with Crippen molar-refractivity contribution in [1.29, 1.82) is 0 Å². The van der Waals surface area contributed by atoms with E-state index in [9.17, 15) is 4.79 Å². The summed E-state index contributed by atoms with van der Waals surface area (Å²) in [5, 5.41) is 3.26. The number of aromatic nitrogens is 1. The van der Waals surface area contributed by atoms with Gasteiger partial charge in [0.15, 0.2) is 16.7 Å². The fourth-order valence-corrected chi connectivity index (χ4v) is 2.11. The molecular formula is C12H13N5O2S. The van der Waals surface area contributed by atoms with E-state index in [1.165, 1.54) is 24.0 Å². The third kappa shape index (κ3) is 3.23. The average Bonchev–Trinajstić information content (AvgIpc) is 2.85. The number of esters is 1. The van der Waals surface area contributed by atoms with Crippen LogP contribution in [-0.4, -0.2) is 24.0 Å². The third-order valence-corrected chi connectivity index (χ3v) is 3.03. The Morgan fingerprint density at radius 1 is 1.50 bits per heavy atom. The molecule has 0 bridgehead atoms. The molecule has 5 N–H and O–H groups in total. The van der Waals surface area contributed by atoms with Gasteiger partial charge in [0, 0.05) is 11.4 Å². The molecule has 0 saturated heterocycles. The number of nitrogens with zero attached hydrogens (tertiary/aromatic N) is 2. The van der Waals surface area contributed by atoms with Crippen LogP contribution in [0.1, 0.15) is 10.5 Å². The van der Waals surface area contributed by atoms with Gasteiger partial charge in [-0.25, -0.2) is 14.8 Å². The highest BCUT2D eigenvalue weighted by atomic mass is 32.1. The van der Waals surface area contributed by atoms with Crippen LogP contribution in [-0.2, 0) is 4.74 Å². The van der Waals surface area contributed by atoms with Crippen LogP contribution in [0.2, 0.25) is 0 Å². The molecular weight excluding hydrogens is 278 g/mol. The van der Waals surface area contributed by atoms with Gasteiger partial charge in [-0.15, -0.1) is 11.3 Å². The van der Waals surface area contributed by atoms with Gasteiger partial charge in [-0.2, -0.15) is 0 Å². The summed E-state index contributed by atoms with van der Waals surface area (Å²) in [4.78, 5) is 19.5. The van der Waals surface area contributed by atoms with Gasteiger partial charge in [-0.1, -0.05) is 6.07 Å². The lowest BCUT2D eigenvalue weighted by atomic mass is 10.3. The fourth-order valence-electron chi connectivity index (χ4n) is 1.46. The van der Waals surface area contributed by atoms with Gasteiger partial charge >= 0.3 is 5.97 Å². The predicted octanol–water partition coefficient (Wildman–Crippen LogP) is 1.57. The molecule has 0 saturated carbocycles. The summed E-state index contributed by atoms with van der Waals surface area (Å²) in [6, 6.07) is 7.07. The largest absolute Gasteiger partial charge is 0.464 e. The van der Waals surface area contributed by atoms with Crippen molar-refractivity contribution in [3.63, 3.8) is 0 Å². The van der Waals surface area contributed by atoms with Crippen molar-refractivity contribution in [1.82, 2.24) is 4.98 Å². The minimum atomic E-state index is -0.554. The first-order valence-electron chi connectivity index (χ1n) is 5.58.